The van der Waals surface area contributed by atoms with Crippen LogP contribution in [0.15, 0.2) is 18.2 Å². The first kappa shape index (κ1) is 9.52. The fourth-order valence-electron chi connectivity index (χ4n) is 1.06. The normalized spacial score (nSPS) is 13.0. The first-order valence-corrected chi connectivity index (χ1v) is 4.24. The summed E-state index contributed by atoms with van der Waals surface area (Å²) < 4.78 is 0. The summed E-state index contributed by atoms with van der Waals surface area (Å²) in [5, 5.41) is 0.702. The highest BCUT2D eigenvalue weighted by atomic mass is 35.5. The molecule has 0 radical (unpaired) electrons. The molecular weight excluding hydrogens is 172 g/mol. The van der Waals surface area contributed by atoms with Crippen LogP contribution in [0.25, 0.3) is 0 Å². The summed E-state index contributed by atoms with van der Waals surface area (Å²) in [5.74, 6) is 0. The summed E-state index contributed by atoms with van der Waals surface area (Å²) in [6.45, 7) is 2.41. The number of hydrogen-bond acceptors (Lipinski definition) is 2. The van der Waals surface area contributed by atoms with Gasteiger partial charge in [0.2, 0.25) is 0 Å². The minimum Gasteiger partial charge on any atom is -0.329 e. The van der Waals surface area contributed by atoms with E-state index in [-0.39, 0.29) is 6.04 Å². The number of benzene rings is 1. The predicted molar refractivity (Wildman–Crippen MR) is 52.2 cm³/mol. The highest BCUT2D eigenvalue weighted by Crippen LogP contribution is 2.21. The molecule has 66 valence electrons. The summed E-state index contributed by atoms with van der Waals surface area (Å²) in [5.41, 5.74) is 13.2. The Balaban J connectivity index is 3.01. The van der Waals surface area contributed by atoms with E-state index >= 15 is 0 Å². The molecule has 0 aromatic heterocycles. The number of halogens is 1. The molecular formula is C9H13ClN2. The van der Waals surface area contributed by atoms with Crippen molar-refractivity contribution in [1.29, 1.82) is 0 Å². The van der Waals surface area contributed by atoms with Crippen molar-refractivity contribution in [2.75, 3.05) is 6.54 Å². The maximum Gasteiger partial charge on any atom is 0.0456 e. The third kappa shape index (κ3) is 1.97. The molecule has 4 N–H and O–H groups in total. The zero-order chi connectivity index (χ0) is 9.14. The molecule has 1 aromatic carbocycles. The quantitative estimate of drug-likeness (QED) is 0.734. The lowest BCUT2D eigenvalue weighted by atomic mass is 10.1. The molecule has 0 fully saturated rings. The molecule has 3 heteroatoms. The van der Waals surface area contributed by atoms with Crippen LogP contribution in [0, 0.1) is 6.92 Å². The maximum absolute atomic E-state index is 5.97. The van der Waals surface area contributed by atoms with Crippen LogP contribution in [-0.4, -0.2) is 6.54 Å². The predicted octanol–water partition coefficient (Wildman–Crippen LogP) is 1.61. The Morgan fingerprint density at radius 2 is 2.17 bits per heavy atom. The molecule has 0 amide bonds. The molecule has 0 spiro atoms. The van der Waals surface area contributed by atoms with Crippen LogP contribution in [0.4, 0.5) is 0 Å². The van der Waals surface area contributed by atoms with E-state index in [1.807, 2.05) is 25.1 Å². The van der Waals surface area contributed by atoms with E-state index in [0.29, 0.717) is 11.6 Å². The lowest BCUT2D eigenvalue weighted by Crippen LogP contribution is -2.20. The molecule has 0 aliphatic carbocycles. The molecule has 1 aromatic rings. The van der Waals surface area contributed by atoms with Gasteiger partial charge in [-0.2, -0.15) is 0 Å². The van der Waals surface area contributed by atoms with Crippen molar-refractivity contribution >= 4 is 11.6 Å². The average molecular weight is 185 g/mol. The van der Waals surface area contributed by atoms with Gasteiger partial charge in [0.05, 0.1) is 0 Å². The van der Waals surface area contributed by atoms with E-state index in [1.54, 1.807) is 0 Å². The maximum atomic E-state index is 5.97. The monoisotopic (exact) mass is 184 g/mol. The first-order chi connectivity index (χ1) is 5.65. The van der Waals surface area contributed by atoms with Crippen molar-refractivity contribution in [3.63, 3.8) is 0 Å². The second-order valence-electron chi connectivity index (χ2n) is 2.87. The Hall–Kier alpha value is -0.570. The van der Waals surface area contributed by atoms with Crippen molar-refractivity contribution in [3.8, 4) is 0 Å². The summed E-state index contributed by atoms with van der Waals surface area (Å²) in [7, 11) is 0. The molecule has 0 unspecified atom stereocenters. The van der Waals surface area contributed by atoms with Crippen molar-refractivity contribution < 1.29 is 0 Å². The van der Waals surface area contributed by atoms with Crippen LogP contribution >= 0.6 is 11.6 Å². The Kier molecular flexibility index (Phi) is 3.09. The fraction of sp³-hybridized carbons (Fsp3) is 0.333. The van der Waals surface area contributed by atoms with Crippen molar-refractivity contribution in [2.24, 2.45) is 11.5 Å². The van der Waals surface area contributed by atoms with Gasteiger partial charge in [0.15, 0.2) is 0 Å². The lowest BCUT2D eigenvalue weighted by Gasteiger charge is -2.11. The minimum absolute atomic E-state index is 0.155. The van der Waals surface area contributed by atoms with Crippen LogP contribution < -0.4 is 11.5 Å². The second kappa shape index (κ2) is 3.90. The van der Waals surface area contributed by atoms with Gasteiger partial charge >= 0.3 is 0 Å². The van der Waals surface area contributed by atoms with Gasteiger partial charge in [0, 0.05) is 17.6 Å². The molecule has 1 rings (SSSR count). The van der Waals surface area contributed by atoms with Gasteiger partial charge in [-0.3, -0.25) is 0 Å². The second-order valence-corrected chi connectivity index (χ2v) is 3.27. The van der Waals surface area contributed by atoms with E-state index in [4.69, 9.17) is 23.1 Å². The molecule has 0 saturated carbocycles. The van der Waals surface area contributed by atoms with E-state index in [1.165, 1.54) is 0 Å². The molecule has 2 nitrogen and oxygen atoms in total. The Morgan fingerprint density at radius 1 is 1.50 bits per heavy atom. The van der Waals surface area contributed by atoms with Crippen LogP contribution in [0.3, 0.4) is 0 Å². The van der Waals surface area contributed by atoms with Gasteiger partial charge in [0.25, 0.3) is 0 Å². The topological polar surface area (TPSA) is 52.0 Å². The van der Waals surface area contributed by atoms with E-state index in [2.05, 4.69) is 0 Å². The van der Waals surface area contributed by atoms with Gasteiger partial charge in [-0.25, -0.2) is 0 Å². The Labute approximate surface area is 77.5 Å². The van der Waals surface area contributed by atoms with Gasteiger partial charge in [-0.1, -0.05) is 23.7 Å². The lowest BCUT2D eigenvalue weighted by molar-refractivity contribution is 0.737. The molecule has 0 aliphatic heterocycles. The standard InChI is InChI=1S/C9H13ClN2/c1-6-2-3-7(8(10)4-6)9(12)5-11/h2-4,9H,5,11-12H2,1H3/t9-/m0/s1. The largest absolute Gasteiger partial charge is 0.329 e. The molecule has 12 heavy (non-hydrogen) atoms. The number of aryl methyl sites for hydroxylation is 1. The van der Waals surface area contributed by atoms with Crippen molar-refractivity contribution in [2.45, 2.75) is 13.0 Å². The number of hydrogen-bond donors (Lipinski definition) is 2. The van der Waals surface area contributed by atoms with Crippen LogP contribution in [0.1, 0.15) is 17.2 Å². The van der Waals surface area contributed by atoms with Gasteiger partial charge in [-0.05, 0) is 24.1 Å². The highest BCUT2D eigenvalue weighted by molar-refractivity contribution is 6.31. The summed E-state index contributed by atoms with van der Waals surface area (Å²) in [6, 6.07) is 5.65. The summed E-state index contributed by atoms with van der Waals surface area (Å²) in [4.78, 5) is 0. The SMILES string of the molecule is Cc1ccc([C@@H](N)CN)c(Cl)c1. The van der Waals surface area contributed by atoms with Crippen LogP contribution in [0.2, 0.25) is 5.02 Å². The summed E-state index contributed by atoms with van der Waals surface area (Å²) >= 11 is 5.97. The van der Waals surface area contributed by atoms with E-state index in [0.717, 1.165) is 11.1 Å². The van der Waals surface area contributed by atoms with Gasteiger partial charge in [-0.15, -0.1) is 0 Å². The average Bonchev–Trinajstić information content (AvgIpc) is 2.03. The number of rotatable bonds is 2. The third-order valence-corrected chi connectivity index (χ3v) is 2.14. The van der Waals surface area contributed by atoms with Gasteiger partial charge < -0.3 is 11.5 Å². The van der Waals surface area contributed by atoms with E-state index < -0.39 is 0 Å². The number of nitrogens with two attached hydrogens (primary N) is 2. The van der Waals surface area contributed by atoms with E-state index in [9.17, 15) is 0 Å². The molecule has 0 saturated heterocycles. The van der Waals surface area contributed by atoms with Gasteiger partial charge in [0.1, 0.15) is 0 Å². The zero-order valence-corrected chi connectivity index (χ0v) is 7.81. The minimum atomic E-state index is -0.155. The molecule has 1 atom stereocenters. The van der Waals surface area contributed by atoms with Crippen LogP contribution in [-0.2, 0) is 0 Å². The Morgan fingerprint density at radius 3 is 2.67 bits per heavy atom. The molecule has 0 aliphatic rings. The fourth-order valence-corrected chi connectivity index (χ4v) is 1.44. The van der Waals surface area contributed by atoms with Crippen LogP contribution in [0.5, 0.6) is 0 Å². The van der Waals surface area contributed by atoms with Crippen molar-refractivity contribution in [3.05, 3.63) is 34.3 Å². The highest BCUT2D eigenvalue weighted by Gasteiger charge is 2.07. The van der Waals surface area contributed by atoms with Crippen molar-refractivity contribution in [1.82, 2.24) is 0 Å². The smallest absolute Gasteiger partial charge is 0.0456 e. The molecule has 0 heterocycles. The molecule has 0 bridgehead atoms. The third-order valence-electron chi connectivity index (χ3n) is 1.81. The zero-order valence-electron chi connectivity index (χ0n) is 7.05. The first-order valence-electron chi connectivity index (χ1n) is 3.87. The summed E-state index contributed by atoms with van der Waals surface area (Å²) in [6.07, 6.45) is 0. The Bertz CT molecular complexity index is 273.